The van der Waals surface area contributed by atoms with Crippen molar-refractivity contribution in [1.82, 2.24) is 0 Å². The molecule has 1 atom stereocenters. The maximum Gasteiger partial charge on any atom is 0.306 e. The van der Waals surface area contributed by atoms with Crippen LogP contribution in [-0.2, 0) is 16.0 Å². The third-order valence-corrected chi connectivity index (χ3v) is 5.71. The molecule has 0 fully saturated rings. The van der Waals surface area contributed by atoms with Crippen LogP contribution in [0.5, 0.6) is 0 Å². The Kier molecular flexibility index (Phi) is 7.71. The first-order valence-corrected chi connectivity index (χ1v) is 11.2. The van der Waals surface area contributed by atoms with Gasteiger partial charge in [0.2, 0.25) is 0 Å². The SMILES string of the molecule is CCCCCCCCCc1ccc2cccc3c2c1C=CC3OC(=O)CCC. The Labute approximate surface area is 170 Å². The first-order chi connectivity index (χ1) is 13.7. The zero-order chi connectivity index (χ0) is 19.8. The van der Waals surface area contributed by atoms with Crippen LogP contribution in [0.15, 0.2) is 36.4 Å². The fraction of sp³-hybridized carbons (Fsp3) is 0.500. The topological polar surface area (TPSA) is 26.3 Å². The lowest BCUT2D eigenvalue weighted by molar-refractivity contribution is -0.147. The Bertz CT molecular complexity index is 819. The van der Waals surface area contributed by atoms with Gasteiger partial charge in [0.25, 0.3) is 0 Å². The van der Waals surface area contributed by atoms with E-state index < -0.39 is 0 Å². The molecule has 0 radical (unpaired) electrons. The maximum absolute atomic E-state index is 12.0. The maximum atomic E-state index is 12.0. The summed E-state index contributed by atoms with van der Waals surface area (Å²) in [6, 6.07) is 10.8. The van der Waals surface area contributed by atoms with Gasteiger partial charge in [-0.25, -0.2) is 0 Å². The summed E-state index contributed by atoms with van der Waals surface area (Å²) in [4.78, 5) is 12.0. The average Bonchev–Trinajstić information content (AvgIpc) is 2.70. The molecule has 0 heterocycles. The largest absolute Gasteiger partial charge is 0.453 e. The van der Waals surface area contributed by atoms with Crippen molar-refractivity contribution in [3.8, 4) is 0 Å². The molecule has 0 N–H and O–H groups in total. The third kappa shape index (κ3) is 5.04. The monoisotopic (exact) mass is 378 g/mol. The summed E-state index contributed by atoms with van der Waals surface area (Å²) < 4.78 is 5.74. The molecule has 0 saturated heterocycles. The smallest absolute Gasteiger partial charge is 0.306 e. The van der Waals surface area contributed by atoms with Gasteiger partial charge in [-0.3, -0.25) is 4.79 Å². The molecule has 3 rings (SSSR count). The molecule has 28 heavy (non-hydrogen) atoms. The van der Waals surface area contributed by atoms with Crippen molar-refractivity contribution in [2.24, 2.45) is 0 Å². The van der Waals surface area contributed by atoms with Crippen molar-refractivity contribution in [2.75, 3.05) is 0 Å². The van der Waals surface area contributed by atoms with Gasteiger partial charge in [-0.15, -0.1) is 0 Å². The van der Waals surface area contributed by atoms with Gasteiger partial charge in [-0.05, 0) is 47.2 Å². The van der Waals surface area contributed by atoms with Crippen LogP contribution < -0.4 is 0 Å². The third-order valence-electron chi connectivity index (χ3n) is 5.71. The highest BCUT2D eigenvalue weighted by Gasteiger charge is 2.22. The molecule has 2 nitrogen and oxygen atoms in total. The van der Waals surface area contributed by atoms with E-state index in [1.54, 1.807) is 0 Å². The predicted molar refractivity (Wildman–Crippen MR) is 118 cm³/mol. The summed E-state index contributed by atoms with van der Waals surface area (Å²) >= 11 is 0. The number of rotatable bonds is 11. The highest BCUT2D eigenvalue weighted by atomic mass is 16.5. The molecule has 0 aromatic heterocycles. The van der Waals surface area contributed by atoms with Gasteiger partial charge in [0, 0.05) is 12.0 Å². The molecular weight excluding hydrogens is 344 g/mol. The minimum atomic E-state index is -0.260. The lowest BCUT2D eigenvalue weighted by Crippen LogP contribution is -2.12. The van der Waals surface area contributed by atoms with Crippen LogP contribution in [0.25, 0.3) is 16.8 Å². The molecule has 0 amide bonds. The van der Waals surface area contributed by atoms with Crippen LogP contribution in [0.4, 0.5) is 0 Å². The van der Waals surface area contributed by atoms with E-state index in [-0.39, 0.29) is 12.1 Å². The summed E-state index contributed by atoms with van der Waals surface area (Å²) in [5.41, 5.74) is 3.87. The molecular formula is C26H34O2. The number of carbonyl (C=O) groups is 1. The Morgan fingerprint density at radius 3 is 2.50 bits per heavy atom. The van der Waals surface area contributed by atoms with Gasteiger partial charge in [0.1, 0.15) is 6.10 Å². The minimum absolute atomic E-state index is 0.114. The fourth-order valence-corrected chi connectivity index (χ4v) is 4.19. The van der Waals surface area contributed by atoms with Gasteiger partial charge in [-0.1, -0.05) is 88.8 Å². The lowest BCUT2D eigenvalue weighted by atomic mass is 9.87. The molecule has 150 valence electrons. The van der Waals surface area contributed by atoms with Crippen molar-refractivity contribution < 1.29 is 9.53 Å². The van der Waals surface area contributed by atoms with E-state index in [1.165, 1.54) is 66.8 Å². The highest BCUT2D eigenvalue weighted by molar-refractivity contribution is 5.97. The second-order valence-corrected chi connectivity index (χ2v) is 7.97. The van der Waals surface area contributed by atoms with E-state index in [2.05, 4.69) is 49.4 Å². The lowest BCUT2D eigenvalue weighted by Gasteiger charge is -2.23. The van der Waals surface area contributed by atoms with Gasteiger partial charge in [0.05, 0.1) is 0 Å². The Morgan fingerprint density at radius 1 is 0.929 bits per heavy atom. The summed E-state index contributed by atoms with van der Waals surface area (Å²) in [6.07, 6.45) is 15.7. The van der Waals surface area contributed by atoms with Crippen molar-refractivity contribution >= 4 is 22.8 Å². The molecule has 1 aliphatic carbocycles. The van der Waals surface area contributed by atoms with E-state index >= 15 is 0 Å². The van der Waals surface area contributed by atoms with Crippen molar-refractivity contribution in [3.63, 3.8) is 0 Å². The second kappa shape index (κ2) is 10.5. The van der Waals surface area contributed by atoms with Crippen LogP contribution in [0.1, 0.15) is 94.4 Å². The summed E-state index contributed by atoms with van der Waals surface area (Å²) in [7, 11) is 0. The number of benzene rings is 2. The summed E-state index contributed by atoms with van der Waals surface area (Å²) in [5, 5.41) is 2.50. The van der Waals surface area contributed by atoms with Crippen LogP contribution >= 0.6 is 0 Å². The molecule has 2 aromatic carbocycles. The molecule has 1 unspecified atom stereocenters. The number of aryl methyl sites for hydroxylation is 1. The van der Waals surface area contributed by atoms with E-state index in [0.717, 1.165) is 18.4 Å². The summed E-state index contributed by atoms with van der Waals surface area (Å²) in [6.45, 7) is 4.27. The van der Waals surface area contributed by atoms with Crippen molar-refractivity contribution in [2.45, 2.75) is 84.2 Å². The van der Waals surface area contributed by atoms with Crippen molar-refractivity contribution in [3.05, 3.63) is 53.1 Å². The zero-order valence-electron chi connectivity index (χ0n) is 17.5. The van der Waals surface area contributed by atoms with E-state index in [4.69, 9.17) is 4.74 Å². The van der Waals surface area contributed by atoms with Gasteiger partial charge < -0.3 is 4.74 Å². The van der Waals surface area contributed by atoms with Gasteiger partial charge in [0.15, 0.2) is 0 Å². The molecule has 0 bridgehead atoms. The number of esters is 1. The molecule has 2 heteroatoms. The van der Waals surface area contributed by atoms with Crippen LogP contribution in [-0.4, -0.2) is 5.97 Å². The summed E-state index contributed by atoms with van der Waals surface area (Å²) in [5.74, 6) is -0.114. The quantitative estimate of drug-likeness (QED) is 0.298. The zero-order valence-corrected chi connectivity index (χ0v) is 17.5. The second-order valence-electron chi connectivity index (χ2n) is 7.97. The number of hydrogen-bond acceptors (Lipinski definition) is 2. The fourth-order valence-electron chi connectivity index (χ4n) is 4.19. The van der Waals surface area contributed by atoms with Crippen molar-refractivity contribution in [1.29, 1.82) is 0 Å². The molecule has 1 aliphatic rings. The van der Waals surface area contributed by atoms with Crippen LogP contribution in [0.2, 0.25) is 0 Å². The highest BCUT2D eigenvalue weighted by Crippen LogP contribution is 2.37. The minimum Gasteiger partial charge on any atom is -0.453 e. The van der Waals surface area contributed by atoms with E-state index in [9.17, 15) is 4.79 Å². The standard InChI is InChI=1S/C26H34O2/c1-3-5-6-7-8-9-10-13-20-16-17-21-14-11-15-23-24(28-25(27)12-4-2)19-18-22(20)26(21)23/h11,14-19,24H,3-10,12-13H2,1-2H3. The molecule has 0 spiro atoms. The normalized spacial score (nSPS) is 15.1. The number of ether oxygens (including phenoxy) is 1. The van der Waals surface area contributed by atoms with Crippen LogP contribution in [0.3, 0.4) is 0 Å². The molecule has 0 saturated carbocycles. The molecule has 0 aliphatic heterocycles. The van der Waals surface area contributed by atoms with Gasteiger partial charge >= 0.3 is 5.97 Å². The number of hydrogen-bond donors (Lipinski definition) is 0. The van der Waals surface area contributed by atoms with Gasteiger partial charge in [-0.2, -0.15) is 0 Å². The number of unbranched alkanes of at least 4 members (excludes halogenated alkanes) is 6. The van der Waals surface area contributed by atoms with E-state index in [0.29, 0.717) is 6.42 Å². The Morgan fingerprint density at radius 2 is 1.71 bits per heavy atom. The predicted octanol–water partition coefficient (Wildman–Crippen LogP) is 7.54. The number of carbonyl (C=O) groups excluding carboxylic acids is 1. The Hall–Kier alpha value is -2.09. The van der Waals surface area contributed by atoms with Crippen LogP contribution in [0, 0.1) is 0 Å². The average molecular weight is 379 g/mol. The first-order valence-electron chi connectivity index (χ1n) is 11.2. The van der Waals surface area contributed by atoms with E-state index in [1.807, 2.05) is 6.92 Å². The Balaban J connectivity index is 1.71. The first kappa shape index (κ1) is 20.6. The molecule has 2 aromatic rings.